The normalized spacial score (nSPS) is 15.8. The lowest BCUT2D eigenvalue weighted by Crippen LogP contribution is -2.21. The van der Waals surface area contributed by atoms with Crippen molar-refractivity contribution in [3.8, 4) is 0 Å². The summed E-state index contributed by atoms with van der Waals surface area (Å²) in [7, 11) is 0. The summed E-state index contributed by atoms with van der Waals surface area (Å²) in [6.45, 7) is 2.87. The van der Waals surface area contributed by atoms with Gasteiger partial charge in [-0.3, -0.25) is 4.99 Å². The van der Waals surface area contributed by atoms with Crippen molar-refractivity contribution < 1.29 is 0 Å². The smallest absolute Gasteiger partial charge is 0.0579 e. The predicted molar refractivity (Wildman–Crippen MR) is 56.0 cm³/mol. The second-order valence-corrected chi connectivity index (χ2v) is 3.07. The Balaban J connectivity index is 2.24. The lowest BCUT2D eigenvalue weighted by molar-refractivity contribution is 1.06. The van der Waals surface area contributed by atoms with Gasteiger partial charge in [0.15, 0.2) is 0 Å². The molecule has 1 aliphatic rings. The number of hydrogen-bond acceptors (Lipinski definition) is 2. The summed E-state index contributed by atoms with van der Waals surface area (Å²) in [6, 6.07) is 10.3. The first-order chi connectivity index (χ1) is 6.36. The van der Waals surface area contributed by atoms with Gasteiger partial charge in [-0.05, 0) is 19.1 Å². The third-order valence-electron chi connectivity index (χ3n) is 2.00. The SMILES string of the molecule is CC1=CN(c2ccccc2)CC=N1. The van der Waals surface area contributed by atoms with Gasteiger partial charge in [0, 0.05) is 18.1 Å². The topological polar surface area (TPSA) is 15.6 Å². The van der Waals surface area contributed by atoms with E-state index in [1.165, 1.54) is 5.69 Å². The molecule has 1 aliphatic heterocycles. The molecule has 2 nitrogen and oxygen atoms in total. The number of rotatable bonds is 1. The van der Waals surface area contributed by atoms with E-state index in [1.807, 2.05) is 31.3 Å². The lowest BCUT2D eigenvalue weighted by atomic mass is 10.3. The van der Waals surface area contributed by atoms with E-state index in [9.17, 15) is 0 Å². The zero-order chi connectivity index (χ0) is 9.10. The molecule has 0 amide bonds. The monoisotopic (exact) mass is 172 g/mol. The number of nitrogens with zero attached hydrogens (tertiary/aromatic N) is 2. The van der Waals surface area contributed by atoms with E-state index in [-0.39, 0.29) is 0 Å². The predicted octanol–water partition coefficient (Wildman–Crippen LogP) is 2.44. The van der Waals surface area contributed by atoms with Crippen molar-refractivity contribution in [2.24, 2.45) is 4.99 Å². The van der Waals surface area contributed by atoms with Crippen LogP contribution in [0.3, 0.4) is 0 Å². The quantitative estimate of drug-likeness (QED) is 0.635. The minimum atomic E-state index is 0.862. The van der Waals surface area contributed by atoms with Crippen LogP contribution >= 0.6 is 0 Å². The summed E-state index contributed by atoms with van der Waals surface area (Å²) in [5.41, 5.74) is 2.27. The van der Waals surface area contributed by atoms with Crippen molar-refractivity contribution in [3.05, 3.63) is 42.2 Å². The maximum atomic E-state index is 4.20. The molecule has 0 atom stereocenters. The standard InChI is InChI=1S/C11H12N2/c1-10-9-13(8-7-12-10)11-5-3-2-4-6-11/h2-7,9H,8H2,1H3. The van der Waals surface area contributed by atoms with Gasteiger partial charge in [0.25, 0.3) is 0 Å². The van der Waals surface area contributed by atoms with Gasteiger partial charge >= 0.3 is 0 Å². The molecular formula is C11H12N2. The van der Waals surface area contributed by atoms with Crippen LogP contribution in [0.5, 0.6) is 0 Å². The third kappa shape index (κ3) is 1.78. The molecule has 0 saturated heterocycles. The summed E-state index contributed by atoms with van der Waals surface area (Å²) in [5, 5.41) is 0. The van der Waals surface area contributed by atoms with Gasteiger partial charge in [-0.25, -0.2) is 0 Å². The van der Waals surface area contributed by atoms with Crippen LogP contribution < -0.4 is 4.90 Å². The van der Waals surface area contributed by atoms with E-state index in [4.69, 9.17) is 0 Å². The maximum absolute atomic E-state index is 4.20. The van der Waals surface area contributed by atoms with Crippen LogP contribution in [0.4, 0.5) is 5.69 Å². The van der Waals surface area contributed by atoms with Gasteiger partial charge in [0.05, 0.1) is 12.2 Å². The van der Waals surface area contributed by atoms with Crippen molar-refractivity contribution in [1.29, 1.82) is 0 Å². The third-order valence-corrected chi connectivity index (χ3v) is 2.00. The Morgan fingerprint density at radius 3 is 2.69 bits per heavy atom. The average Bonchev–Trinajstić information content (AvgIpc) is 2.19. The molecule has 1 aromatic carbocycles. The summed E-state index contributed by atoms with van der Waals surface area (Å²) in [6.07, 6.45) is 4.00. The molecule has 0 aromatic heterocycles. The lowest BCUT2D eigenvalue weighted by Gasteiger charge is -2.21. The van der Waals surface area contributed by atoms with Crippen molar-refractivity contribution in [1.82, 2.24) is 0 Å². The van der Waals surface area contributed by atoms with Crippen LogP contribution in [0.1, 0.15) is 6.92 Å². The van der Waals surface area contributed by atoms with Crippen LogP contribution in [0.2, 0.25) is 0 Å². The van der Waals surface area contributed by atoms with Crippen molar-refractivity contribution in [2.45, 2.75) is 6.92 Å². The van der Waals surface area contributed by atoms with E-state index in [0.717, 1.165) is 12.2 Å². The minimum Gasteiger partial charge on any atom is -0.341 e. The van der Waals surface area contributed by atoms with Gasteiger partial charge in [0.1, 0.15) is 0 Å². The van der Waals surface area contributed by atoms with Crippen LogP contribution in [0.15, 0.2) is 47.2 Å². The van der Waals surface area contributed by atoms with Crippen LogP contribution in [0.25, 0.3) is 0 Å². The molecule has 0 bridgehead atoms. The number of benzene rings is 1. The Morgan fingerprint density at radius 2 is 2.00 bits per heavy atom. The Labute approximate surface area is 78.2 Å². The molecule has 1 aromatic rings. The van der Waals surface area contributed by atoms with Crippen LogP contribution in [-0.2, 0) is 0 Å². The molecule has 0 unspecified atom stereocenters. The fourth-order valence-corrected chi connectivity index (χ4v) is 1.38. The summed E-state index contributed by atoms with van der Waals surface area (Å²) < 4.78 is 0. The molecule has 2 rings (SSSR count). The first-order valence-corrected chi connectivity index (χ1v) is 4.39. The summed E-state index contributed by atoms with van der Waals surface area (Å²) >= 11 is 0. The molecule has 2 heteroatoms. The van der Waals surface area contributed by atoms with Gasteiger partial charge in [-0.1, -0.05) is 18.2 Å². The zero-order valence-electron chi connectivity index (χ0n) is 7.64. The second kappa shape index (κ2) is 3.44. The molecule has 66 valence electrons. The highest BCUT2D eigenvalue weighted by Gasteiger charge is 2.04. The number of hydrogen-bond donors (Lipinski definition) is 0. The molecule has 0 N–H and O–H groups in total. The van der Waals surface area contributed by atoms with E-state index >= 15 is 0 Å². The molecule has 0 saturated carbocycles. The largest absolute Gasteiger partial charge is 0.341 e. The highest BCUT2D eigenvalue weighted by Crippen LogP contribution is 2.16. The number of para-hydroxylation sites is 1. The highest BCUT2D eigenvalue weighted by molar-refractivity contribution is 5.70. The Hall–Kier alpha value is -1.57. The summed E-state index contributed by atoms with van der Waals surface area (Å²) in [4.78, 5) is 6.38. The molecule has 0 spiro atoms. The van der Waals surface area contributed by atoms with Gasteiger partial charge in [-0.2, -0.15) is 0 Å². The summed E-state index contributed by atoms with van der Waals surface area (Å²) in [5.74, 6) is 0. The molecule has 0 aliphatic carbocycles. The van der Waals surface area contributed by atoms with E-state index in [1.54, 1.807) is 0 Å². The van der Waals surface area contributed by atoms with E-state index < -0.39 is 0 Å². The van der Waals surface area contributed by atoms with Gasteiger partial charge in [0.2, 0.25) is 0 Å². The fraction of sp³-hybridized carbons (Fsp3) is 0.182. The van der Waals surface area contributed by atoms with E-state index in [2.05, 4.69) is 28.2 Å². The second-order valence-electron chi connectivity index (χ2n) is 3.07. The minimum absolute atomic E-state index is 0.862. The number of anilines is 1. The Bertz CT molecular complexity index is 338. The zero-order valence-corrected chi connectivity index (χ0v) is 7.64. The van der Waals surface area contributed by atoms with Gasteiger partial charge < -0.3 is 4.90 Å². The average molecular weight is 172 g/mol. The molecule has 0 fully saturated rings. The van der Waals surface area contributed by atoms with Crippen LogP contribution in [-0.4, -0.2) is 12.8 Å². The molecule has 0 radical (unpaired) electrons. The highest BCUT2D eigenvalue weighted by atomic mass is 15.1. The van der Waals surface area contributed by atoms with E-state index in [0.29, 0.717) is 0 Å². The molecule has 13 heavy (non-hydrogen) atoms. The van der Waals surface area contributed by atoms with Crippen molar-refractivity contribution in [2.75, 3.05) is 11.4 Å². The molecule has 1 heterocycles. The number of aliphatic imine (C=N–C) groups is 1. The maximum Gasteiger partial charge on any atom is 0.0579 e. The Morgan fingerprint density at radius 1 is 1.23 bits per heavy atom. The molecular weight excluding hydrogens is 160 g/mol. The van der Waals surface area contributed by atoms with Gasteiger partial charge in [-0.15, -0.1) is 0 Å². The Kier molecular flexibility index (Phi) is 2.13. The fourth-order valence-electron chi connectivity index (χ4n) is 1.38. The van der Waals surface area contributed by atoms with Crippen molar-refractivity contribution >= 4 is 11.9 Å². The first-order valence-electron chi connectivity index (χ1n) is 4.39. The first kappa shape index (κ1) is 8.05. The number of allylic oxidation sites excluding steroid dienone is 1. The van der Waals surface area contributed by atoms with Crippen molar-refractivity contribution in [3.63, 3.8) is 0 Å². The van der Waals surface area contributed by atoms with Crippen LogP contribution in [0, 0.1) is 0 Å².